The van der Waals surface area contributed by atoms with Crippen LogP contribution < -0.4 is 14.2 Å². The number of carbonyl (C=O) groups is 1. The second-order valence-electron chi connectivity index (χ2n) is 5.37. The zero-order valence-corrected chi connectivity index (χ0v) is 12.1. The monoisotopic (exact) mass is 277 g/mol. The van der Waals surface area contributed by atoms with Gasteiger partial charge in [-0.05, 0) is 32.0 Å². The molecule has 0 saturated carbocycles. The topological polar surface area (TPSA) is 48.0 Å². The average Bonchev–Trinajstić information content (AvgIpc) is 2.87. The number of methoxy groups -OCH3 is 1. The van der Waals surface area contributed by atoms with Crippen molar-refractivity contribution < 1.29 is 19.0 Å². The van der Waals surface area contributed by atoms with E-state index < -0.39 is 0 Å². The van der Waals surface area contributed by atoms with Crippen LogP contribution in [0.15, 0.2) is 6.07 Å². The Morgan fingerprint density at radius 2 is 2.30 bits per heavy atom. The molecule has 2 heterocycles. The van der Waals surface area contributed by atoms with Crippen molar-refractivity contribution in [1.82, 2.24) is 4.90 Å². The van der Waals surface area contributed by atoms with Crippen LogP contribution >= 0.6 is 0 Å². The lowest BCUT2D eigenvalue weighted by Gasteiger charge is -2.35. The lowest BCUT2D eigenvalue weighted by atomic mass is 9.88. The maximum atomic E-state index is 11.6. The predicted octanol–water partition coefficient (Wildman–Crippen LogP) is 1.93. The van der Waals surface area contributed by atoms with Gasteiger partial charge in [-0.25, -0.2) is 0 Å². The summed E-state index contributed by atoms with van der Waals surface area (Å²) in [6.07, 6.45) is 1.41. The van der Waals surface area contributed by atoms with E-state index in [-0.39, 0.29) is 18.6 Å². The highest BCUT2D eigenvalue weighted by molar-refractivity contribution is 5.77. The van der Waals surface area contributed by atoms with Gasteiger partial charge in [-0.2, -0.15) is 0 Å². The van der Waals surface area contributed by atoms with E-state index >= 15 is 0 Å². The van der Waals surface area contributed by atoms with Crippen molar-refractivity contribution in [2.45, 2.75) is 25.8 Å². The van der Waals surface area contributed by atoms with Crippen LogP contribution in [0.25, 0.3) is 0 Å². The molecule has 2 aliphatic rings. The number of rotatable bonds is 3. The molecule has 5 nitrogen and oxygen atoms in total. The Bertz CT molecular complexity index is 555. The van der Waals surface area contributed by atoms with Crippen LogP contribution in [-0.2, 0) is 11.2 Å². The van der Waals surface area contributed by atoms with Crippen LogP contribution in [0.4, 0.5) is 0 Å². The number of Topliss-reactive ketones (excluding diaryl/α,β-unsaturated/α-hetero) is 1. The summed E-state index contributed by atoms with van der Waals surface area (Å²) in [6.45, 7) is 2.77. The average molecular weight is 277 g/mol. The number of likely N-dealkylation sites (N-methyl/N-ethyl adjacent to an activating group) is 1. The molecule has 0 aromatic heterocycles. The second kappa shape index (κ2) is 4.98. The van der Waals surface area contributed by atoms with E-state index in [1.54, 1.807) is 14.0 Å². The molecule has 0 amide bonds. The zero-order valence-electron chi connectivity index (χ0n) is 12.1. The van der Waals surface area contributed by atoms with Gasteiger partial charge in [0.2, 0.25) is 12.5 Å². The predicted molar refractivity (Wildman–Crippen MR) is 73.5 cm³/mol. The summed E-state index contributed by atoms with van der Waals surface area (Å²) in [7, 11) is 3.68. The normalized spacial score (nSPS) is 20.6. The fourth-order valence-electron chi connectivity index (χ4n) is 3.06. The molecule has 0 saturated heterocycles. The Morgan fingerprint density at radius 3 is 3.00 bits per heavy atom. The van der Waals surface area contributed by atoms with Gasteiger partial charge in [0.25, 0.3) is 0 Å². The highest BCUT2D eigenvalue weighted by Crippen LogP contribution is 2.49. The van der Waals surface area contributed by atoms with Gasteiger partial charge in [0, 0.05) is 24.6 Å². The third-order valence-electron chi connectivity index (χ3n) is 4.03. The van der Waals surface area contributed by atoms with Gasteiger partial charge in [0.1, 0.15) is 5.78 Å². The van der Waals surface area contributed by atoms with Crippen molar-refractivity contribution in [3.63, 3.8) is 0 Å². The molecule has 0 radical (unpaired) electrons. The van der Waals surface area contributed by atoms with Gasteiger partial charge >= 0.3 is 0 Å². The highest BCUT2D eigenvalue weighted by Gasteiger charge is 2.34. The molecule has 20 heavy (non-hydrogen) atoms. The Kier molecular flexibility index (Phi) is 3.30. The number of hydrogen-bond donors (Lipinski definition) is 0. The summed E-state index contributed by atoms with van der Waals surface area (Å²) >= 11 is 0. The number of hydrogen-bond acceptors (Lipinski definition) is 5. The molecular formula is C15H19NO4. The molecule has 0 aliphatic carbocycles. The van der Waals surface area contributed by atoms with Crippen molar-refractivity contribution in [2.75, 3.05) is 27.5 Å². The van der Waals surface area contributed by atoms with E-state index in [9.17, 15) is 4.79 Å². The van der Waals surface area contributed by atoms with Gasteiger partial charge < -0.3 is 14.2 Å². The van der Waals surface area contributed by atoms with Crippen LogP contribution in [0.1, 0.15) is 30.5 Å². The van der Waals surface area contributed by atoms with Crippen molar-refractivity contribution in [2.24, 2.45) is 0 Å². The number of carbonyl (C=O) groups excluding carboxylic acids is 1. The first-order valence-corrected chi connectivity index (χ1v) is 6.81. The maximum Gasteiger partial charge on any atom is 0.231 e. The number of ketones is 1. The number of fused-ring (bicyclic) bond motifs is 2. The number of ether oxygens (including phenoxy) is 3. The molecule has 0 unspecified atom stereocenters. The molecule has 1 aromatic rings. The van der Waals surface area contributed by atoms with Crippen LogP contribution in [0.3, 0.4) is 0 Å². The second-order valence-corrected chi connectivity index (χ2v) is 5.37. The van der Waals surface area contributed by atoms with Gasteiger partial charge in [0.15, 0.2) is 11.5 Å². The summed E-state index contributed by atoms with van der Waals surface area (Å²) in [5.41, 5.74) is 2.26. The minimum Gasteiger partial charge on any atom is -0.492 e. The fraction of sp³-hybridized carbons (Fsp3) is 0.533. The van der Waals surface area contributed by atoms with E-state index in [1.165, 1.54) is 5.56 Å². The van der Waals surface area contributed by atoms with Crippen LogP contribution in [-0.4, -0.2) is 38.2 Å². The SMILES string of the molecule is COc1c2c(cc3c1[C@@H](CC(C)=O)N(C)CC3)OCO2. The molecule has 3 rings (SSSR count). The van der Waals surface area contributed by atoms with Gasteiger partial charge in [-0.15, -0.1) is 0 Å². The first-order valence-electron chi connectivity index (χ1n) is 6.81. The maximum absolute atomic E-state index is 11.6. The molecule has 2 aliphatic heterocycles. The quantitative estimate of drug-likeness (QED) is 0.845. The molecule has 0 N–H and O–H groups in total. The highest BCUT2D eigenvalue weighted by atomic mass is 16.7. The lowest BCUT2D eigenvalue weighted by molar-refractivity contribution is -0.118. The van der Waals surface area contributed by atoms with Crippen molar-refractivity contribution in [3.05, 3.63) is 17.2 Å². The molecule has 108 valence electrons. The third-order valence-corrected chi connectivity index (χ3v) is 4.03. The summed E-state index contributed by atoms with van der Waals surface area (Å²) in [6, 6.07) is 2.07. The van der Waals surface area contributed by atoms with Crippen molar-refractivity contribution in [3.8, 4) is 17.2 Å². The number of benzene rings is 1. The van der Waals surface area contributed by atoms with E-state index in [0.717, 1.165) is 24.3 Å². The number of nitrogens with zero attached hydrogens (tertiary/aromatic N) is 1. The van der Waals surface area contributed by atoms with E-state index in [2.05, 4.69) is 4.90 Å². The minimum absolute atomic E-state index is 0.0423. The Morgan fingerprint density at radius 1 is 1.50 bits per heavy atom. The molecule has 0 fully saturated rings. The smallest absolute Gasteiger partial charge is 0.231 e. The van der Waals surface area contributed by atoms with Gasteiger partial charge in [-0.3, -0.25) is 9.69 Å². The standard InChI is InChI=1S/C15H19NO4/c1-9(17)6-11-13-10(4-5-16(11)2)7-12-14(15(13)18-3)20-8-19-12/h7,11H,4-6,8H2,1-3H3/t11-/m1/s1. The van der Waals surface area contributed by atoms with Crippen molar-refractivity contribution in [1.29, 1.82) is 0 Å². The Balaban J connectivity index is 2.14. The molecule has 5 heteroatoms. The Labute approximate surface area is 118 Å². The summed E-state index contributed by atoms with van der Waals surface area (Å²) in [5.74, 6) is 2.30. The molecule has 1 atom stereocenters. The summed E-state index contributed by atoms with van der Waals surface area (Å²) in [4.78, 5) is 13.8. The van der Waals surface area contributed by atoms with Crippen LogP contribution in [0.2, 0.25) is 0 Å². The molecule has 0 spiro atoms. The fourth-order valence-corrected chi connectivity index (χ4v) is 3.06. The lowest BCUT2D eigenvalue weighted by Crippen LogP contribution is -2.33. The molecule has 1 aromatic carbocycles. The van der Waals surface area contributed by atoms with Crippen molar-refractivity contribution >= 4 is 5.78 Å². The Hall–Kier alpha value is -1.75. The van der Waals surface area contributed by atoms with Crippen LogP contribution in [0.5, 0.6) is 17.2 Å². The first-order chi connectivity index (χ1) is 9.61. The molecular weight excluding hydrogens is 258 g/mol. The zero-order chi connectivity index (χ0) is 14.3. The summed E-state index contributed by atoms with van der Waals surface area (Å²) in [5, 5.41) is 0. The third kappa shape index (κ3) is 2.02. The summed E-state index contributed by atoms with van der Waals surface area (Å²) < 4.78 is 16.6. The van der Waals surface area contributed by atoms with Gasteiger partial charge in [0.05, 0.1) is 7.11 Å². The minimum atomic E-state index is 0.0423. The van der Waals surface area contributed by atoms with Crippen LogP contribution in [0, 0.1) is 0 Å². The van der Waals surface area contributed by atoms with E-state index in [4.69, 9.17) is 14.2 Å². The van der Waals surface area contributed by atoms with Gasteiger partial charge in [-0.1, -0.05) is 0 Å². The molecule has 0 bridgehead atoms. The largest absolute Gasteiger partial charge is 0.492 e. The van der Waals surface area contributed by atoms with E-state index in [0.29, 0.717) is 17.9 Å². The first kappa shape index (κ1) is 13.2. The van der Waals surface area contributed by atoms with E-state index in [1.807, 2.05) is 13.1 Å².